The Balaban J connectivity index is 2.37. The number of urea groups is 1. The summed E-state index contributed by atoms with van der Waals surface area (Å²) in [5.41, 5.74) is 0.679. The first kappa shape index (κ1) is 17.0. The SMILES string of the molecule is CN(C)CCCNC(=O)NCC(C(=O)O)c1ccccc1. The van der Waals surface area contributed by atoms with Crippen molar-refractivity contribution >= 4 is 12.0 Å². The van der Waals surface area contributed by atoms with E-state index < -0.39 is 11.9 Å². The van der Waals surface area contributed by atoms with E-state index in [2.05, 4.69) is 10.6 Å². The van der Waals surface area contributed by atoms with E-state index in [-0.39, 0.29) is 12.6 Å². The number of hydrogen-bond acceptors (Lipinski definition) is 3. The zero-order valence-electron chi connectivity index (χ0n) is 12.5. The molecule has 0 bridgehead atoms. The van der Waals surface area contributed by atoms with Crippen LogP contribution < -0.4 is 10.6 Å². The van der Waals surface area contributed by atoms with Gasteiger partial charge in [-0.25, -0.2) is 4.79 Å². The highest BCUT2D eigenvalue weighted by Crippen LogP contribution is 2.14. The molecule has 3 N–H and O–H groups in total. The molecule has 0 radical (unpaired) electrons. The van der Waals surface area contributed by atoms with Gasteiger partial charge in [0, 0.05) is 13.1 Å². The predicted octanol–water partition coefficient (Wildman–Crippen LogP) is 1.11. The summed E-state index contributed by atoms with van der Waals surface area (Å²) in [6.07, 6.45) is 0.849. The average molecular weight is 293 g/mol. The van der Waals surface area contributed by atoms with Crippen LogP contribution in [0.25, 0.3) is 0 Å². The maximum absolute atomic E-state index is 11.6. The van der Waals surface area contributed by atoms with Gasteiger partial charge in [0.1, 0.15) is 0 Å². The summed E-state index contributed by atoms with van der Waals surface area (Å²) in [4.78, 5) is 24.9. The second kappa shape index (κ2) is 8.97. The van der Waals surface area contributed by atoms with Crippen LogP contribution in [0.1, 0.15) is 17.9 Å². The zero-order chi connectivity index (χ0) is 15.7. The number of carboxylic acid groups (broad SMARTS) is 1. The quantitative estimate of drug-likeness (QED) is 0.627. The maximum atomic E-state index is 11.6. The lowest BCUT2D eigenvalue weighted by molar-refractivity contribution is -0.138. The van der Waals surface area contributed by atoms with E-state index in [0.717, 1.165) is 13.0 Å². The molecule has 0 saturated carbocycles. The van der Waals surface area contributed by atoms with Gasteiger partial charge in [0.05, 0.1) is 5.92 Å². The molecule has 1 atom stereocenters. The molecule has 0 aromatic heterocycles. The third-order valence-corrected chi connectivity index (χ3v) is 3.03. The molecule has 0 spiro atoms. The monoisotopic (exact) mass is 293 g/mol. The fraction of sp³-hybridized carbons (Fsp3) is 0.467. The molecule has 0 aliphatic rings. The van der Waals surface area contributed by atoms with Crippen molar-refractivity contribution in [3.63, 3.8) is 0 Å². The number of aliphatic carboxylic acids is 1. The van der Waals surface area contributed by atoms with Gasteiger partial charge in [0.25, 0.3) is 0 Å². The molecular formula is C15H23N3O3. The van der Waals surface area contributed by atoms with Crippen LogP contribution in [0.5, 0.6) is 0 Å². The van der Waals surface area contributed by atoms with E-state index in [1.54, 1.807) is 24.3 Å². The number of amides is 2. The highest BCUT2D eigenvalue weighted by Gasteiger charge is 2.20. The van der Waals surface area contributed by atoms with E-state index >= 15 is 0 Å². The van der Waals surface area contributed by atoms with E-state index in [1.165, 1.54) is 0 Å². The standard InChI is InChI=1S/C15H23N3O3/c1-18(2)10-6-9-16-15(21)17-11-13(14(19)20)12-7-4-3-5-8-12/h3-5,7-8,13H,6,9-11H2,1-2H3,(H,19,20)(H2,16,17,21). The maximum Gasteiger partial charge on any atom is 0.314 e. The predicted molar refractivity (Wildman–Crippen MR) is 81.4 cm³/mol. The van der Waals surface area contributed by atoms with Crippen LogP contribution in [0.2, 0.25) is 0 Å². The Morgan fingerprint density at radius 3 is 2.43 bits per heavy atom. The van der Waals surface area contributed by atoms with Crippen molar-refractivity contribution in [1.29, 1.82) is 0 Å². The number of benzene rings is 1. The minimum Gasteiger partial charge on any atom is -0.481 e. The van der Waals surface area contributed by atoms with Gasteiger partial charge in [-0.05, 0) is 32.6 Å². The molecule has 1 aromatic rings. The first-order chi connectivity index (χ1) is 10.0. The van der Waals surface area contributed by atoms with E-state index in [0.29, 0.717) is 12.1 Å². The molecule has 2 amide bonds. The van der Waals surface area contributed by atoms with Crippen molar-refractivity contribution in [3.05, 3.63) is 35.9 Å². The first-order valence-electron chi connectivity index (χ1n) is 6.95. The van der Waals surface area contributed by atoms with Gasteiger partial charge in [-0.1, -0.05) is 30.3 Å². The van der Waals surface area contributed by atoms with Crippen LogP contribution in [0.4, 0.5) is 4.79 Å². The van der Waals surface area contributed by atoms with Gasteiger partial charge in [0.2, 0.25) is 0 Å². The summed E-state index contributed by atoms with van der Waals surface area (Å²) in [5, 5.41) is 14.6. The molecule has 1 unspecified atom stereocenters. The van der Waals surface area contributed by atoms with E-state index in [9.17, 15) is 14.7 Å². The molecule has 0 saturated heterocycles. The number of hydrogen-bond donors (Lipinski definition) is 3. The Labute approximate surface area is 125 Å². The lowest BCUT2D eigenvalue weighted by Gasteiger charge is -2.15. The Bertz CT molecular complexity index is 449. The number of nitrogens with zero attached hydrogens (tertiary/aromatic N) is 1. The average Bonchev–Trinajstić information content (AvgIpc) is 2.44. The van der Waals surface area contributed by atoms with E-state index in [4.69, 9.17) is 0 Å². The van der Waals surface area contributed by atoms with Crippen molar-refractivity contribution in [3.8, 4) is 0 Å². The topological polar surface area (TPSA) is 81.7 Å². The molecule has 0 aliphatic carbocycles. The van der Waals surface area contributed by atoms with Crippen LogP contribution in [-0.4, -0.2) is 55.7 Å². The highest BCUT2D eigenvalue weighted by molar-refractivity contribution is 5.79. The smallest absolute Gasteiger partial charge is 0.314 e. The molecule has 21 heavy (non-hydrogen) atoms. The molecule has 0 aliphatic heterocycles. The second-order valence-corrected chi connectivity index (χ2v) is 5.10. The number of carbonyl (C=O) groups is 2. The summed E-state index contributed by atoms with van der Waals surface area (Å²) in [7, 11) is 3.94. The van der Waals surface area contributed by atoms with Gasteiger partial charge in [-0.15, -0.1) is 0 Å². The van der Waals surface area contributed by atoms with Crippen molar-refractivity contribution < 1.29 is 14.7 Å². The number of rotatable bonds is 8. The first-order valence-corrected chi connectivity index (χ1v) is 6.95. The Morgan fingerprint density at radius 1 is 1.19 bits per heavy atom. The van der Waals surface area contributed by atoms with Gasteiger partial charge < -0.3 is 20.6 Å². The van der Waals surface area contributed by atoms with E-state index in [1.807, 2.05) is 25.1 Å². The molecule has 1 rings (SSSR count). The van der Waals surface area contributed by atoms with Crippen LogP contribution in [0.3, 0.4) is 0 Å². The molecule has 0 fully saturated rings. The van der Waals surface area contributed by atoms with Gasteiger partial charge in [0.15, 0.2) is 0 Å². The summed E-state index contributed by atoms with van der Waals surface area (Å²) in [5.74, 6) is -1.69. The molecule has 6 heteroatoms. The molecule has 1 aromatic carbocycles. The van der Waals surface area contributed by atoms with Crippen LogP contribution in [0.15, 0.2) is 30.3 Å². The Kier molecular flexibility index (Phi) is 7.25. The van der Waals surface area contributed by atoms with Crippen molar-refractivity contribution in [2.24, 2.45) is 0 Å². The number of nitrogens with one attached hydrogen (secondary N) is 2. The van der Waals surface area contributed by atoms with Crippen molar-refractivity contribution in [1.82, 2.24) is 15.5 Å². The minimum absolute atomic E-state index is 0.0683. The fourth-order valence-corrected chi connectivity index (χ4v) is 1.89. The van der Waals surface area contributed by atoms with Gasteiger partial charge in [-0.3, -0.25) is 4.79 Å². The summed E-state index contributed by atoms with van der Waals surface area (Å²) in [6.45, 7) is 1.52. The molecular weight excluding hydrogens is 270 g/mol. The number of carbonyl (C=O) groups excluding carboxylic acids is 1. The Hall–Kier alpha value is -2.08. The summed E-state index contributed by atoms with van der Waals surface area (Å²) >= 11 is 0. The van der Waals surface area contributed by atoms with Gasteiger partial charge in [-0.2, -0.15) is 0 Å². The third-order valence-electron chi connectivity index (χ3n) is 3.03. The second-order valence-electron chi connectivity index (χ2n) is 5.10. The zero-order valence-corrected chi connectivity index (χ0v) is 12.5. The number of carboxylic acids is 1. The fourth-order valence-electron chi connectivity index (χ4n) is 1.89. The summed E-state index contributed by atoms with van der Waals surface area (Å²) < 4.78 is 0. The van der Waals surface area contributed by atoms with Crippen molar-refractivity contribution in [2.75, 3.05) is 33.7 Å². The summed E-state index contributed by atoms with van der Waals surface area (Å²) in [6, 6.07) is 8.55. The van der Waals surface area contributed by atoms with Crippen molar-refractivity contribution in [2.45, 2.75) is 12.3 Å². The van der Waals surface area contributed by atoms with Gasteiger partial charge >= 0.3 is 12.0 Å². The molecule has 6 nitrogen and oxygen atoms in total. The lowest BCUT2D eigenvalue weighted by Crippen LogP contribution is -2.40. The largest absolute Gasteiger partial charge is 0.481 e. The van der Waals surface area contributed by atoms with Crippen LogP contribution in [0, 0.1) is 0 Å². The highest BCUT2D eigenvalue weighted by atomic mass is 16.4. The normalized spacial score (nSPS) is 12.0. The third kappa shape index (κ3) is 6.76. The van der Waals surface area contributed by atoms with Crippen LogP contribution >= 0.6 is 0 Å². The molecule has 0 heterocycles. The van der Waals surface area contributed by atoms with Crippen LogP contribution in [-0.2, 0) is 4.79 Å². The minimum atomic E-state index is -0.950. The molecule has 116 valence electrons. The Morgan fingerprint density at radius 2 is 1.86 bits per heavy atom. The lowest BCUT2D eigenvalue weighted by atomic mass is 9.99.